The number of hydrogen-bond donors (Lipinski definition) is 2. The molecule has 0 aliphatic rings. The normalized spacial score (nSPS) is 11.2. The molecule has 0 spiro atoms. The number of nitrogens with two attached hydrogens (primary N) is 1. The van der Waals surface area contributed by atoms with E-state index in [4.69, 9.17) is 17.3 Å². The zero-order valence-corrected chi connectivity index (χ0v) is 20.0. The van der Waals surface area contributed by atoms with E-state index in [1.54, 1.807) is 62.4 Å². The third-order valence-electron chi connectivity index (χ3n) is 5.28. The molecular formula is C24H24ClN3O4S. The number of anilines is 2. The van der Waals surface area contributed by atoms with Crippen LogP contribution in [-0.2, 0) is 14.8 Å². The van der Waals surface area contributed by atoms with Crippen LogP contribution in [0.5, 0.6) is 0 Å². The molecule has 0 saturated heterocycles. The Morgan fingerprint density at radius 3 is 2.21 bits per heavy atom. The SMILES string of the molecule is Cc1ccc(S(=O)(=O)N(CC(=O)Nc2cccc(C(N)=O)c2C)c2cccc(Cl)c2C)cc1. The molecule has 0 radical (unpaired) electrons. The lowest BCUT2D eigenvalue weighted by Crippen LogP contribution is -2.38. The number of benzene rings is 3. The highest BCUT2D eigenvalue weighted by atomic mass is 35.5. The van der Waals surface area contributed by atoms with Crippen molar-refractivity contribution >= 4 is 44.8 Å². The molecule has 0 atom stereocenters. The van der Waals surface area contributed by atoms with Crippen molar-refractivity contribution in [2.24, 2.45) is 5.73 Å². The first-order valence-electron chi connectivity index (χ1n) is 10.1. The van der Waals surface area contributed by atoms with Gasteiger partial charge in [-0.2, -0.15) is 0 Å². The molecule has 3 aromatic rings. The highest BCUT2D eigenvalue weighted by molar-refractivity contribution is 7.92. The molecule has 3 aromatic carbocycles. The fraction of sp³-hybridized carbons (Fsp3) is 0.167. The van der Waals surface area contributed by atoms with E-state index in [1.807, 2.05) is 6.92 Å². The molecule has 0 aromatic heterocycles. The number of carbonyl (C=O) groups excluding carboxylic acids is 2. The van der Waals surface area contributed by atoms with Crippen molar-refractivity contribution in [3.8, 4) is 0 Å². The van der Waals surface area contributed by atoms with Crippen LogP contribution in [0.3, 0.4) is 0 Å². The van der Waals surface area contributed by atoms with Gasteiger partial charge in [0, 0.05) is 16.3 Å². The first-order chi connectivity index (χ1) is 15.5. The van der Waals surface area contributed by atoms with Crippen LogP contribution in [0, 0.1) is 20.8 Å². The molecule has 3 N–H and O–H groups in total. The standard InChI is InChI=1S/C24H24ClN3O4S/c1-15-10-12-18(13-11-15)33(31,32)28(22-9-5-7-20(25)17(22)3)14-23(29)27-21-8-4-6-19(16(21)2)24(26)30/h4-13H,14H2,1-3H3,(H2,26,30)(H,27,29). The van der Waals surface area contributed by atoms with Gasteiger partial charge in [-0.3, -0.25) is 13.9 Å². The average Bonchev–Trinajstić information content (AvgIpc) is 2.76. The van der Waals surface area contributed by atoms with Crippen LogP contribution in [0.15, 0.2) is 65.6 Å². The number of sulfonamides is 1. The summed E-state index contributed by atoms with van der Waals surface area (Å²) in [5.41, 5.74) is 8.23. The maximum atomic E-state index is 13.5. The summed E-state index contributed by atoms with van der Waals surface area (Å²) in [4.78, 5) is 24.7. The van der Waals surface area contributed by atoms with Crippen molar-refractivity contribution in [2.75, 3.05) is 16.2 Å². The summed E-state index contributed by atoms with van der Waals surface area (Å²) in [6.45, 7) is 4.69. The van der Waals surface area contributed by atoms with E-state index in [2.05, 4.69) is 5.32 Å². The highest BCUT2D eigenvalue weighted by Crippen LogP contribution is 2.31. The van der Waals surface area contributed by atoms with Crippen molar-refractivity contribution < 1.29 is 18.0 Å². The largest absolute Gasteiger partial charge is 0.366 e. The fourth-order valence-electron chi connectivity index (χ4n) is 3.36. The van der Waals surface area contributed by atoms with Crippen molar-refractivity contribution in [1.29, 1.82) is 0 Å². The molecule has 9 heteroatoms. The van der Waals surface area contributed by atoms with Gasteiger partial charge in [-0.1, -0.05) is 41.4 Å². The van der Waals surface area contributed by atoms with Crippen LogP contribution < -0.4 is 15.4 Å². The van der Waals surface area contributed by atoms with Crippen molar-refractivity contribution in [3.63, 3.8) is 0 Å². The number of primary amides is 1. The molecule has 0 fully saturated rings. The molecule has 0 heterocycles. The third kappa shape index (κ3) is 5.18. The Balaban J connectivity index is 2.01. The lowest BCUT2D eigenvalue weighted by molar-refractivity contribution is -0.114. The van der Waals surface area contributed by atoms with Crippen LogP contribution in [0.4, 0.5) is 11.4 Å². The summed E-state index contributed by atoms with van der Waals surface area (Å²) in [6.07, 6.45) is 0. The van der Waals surface area contributed by atoms with E-state index in [1.165, 1.54) is 12.1 Å². The zero-order chi connectivity index (χ0) is 24.3. The molecule has 172 valence electrons. The van der Waals surface area contributed by atoms with E-state index < -0.39 is 28.4 Å². The highest BCUT2D eigenvalue weighted by Gasteiger charge is 2.29. The maximum absolute atomic E-state index is 13.5. The van der Waals surface area contributed by atoms with Gasteiger partial charge in [0.05, 0.1) is 10.6 Å². The topological polar surface area (TPSA) is 110 Å². The number of halogens is 1. The molecule has 33 heavy (non-hydrogen) atoms. The predicted molar refractivity (Wildman–Crippen MR) is 130 cm³/mol. The summed E-state index contributed by atoms with van der Waals surface area (Å²) in [5.74, 6) is -1.21. The molecule has 0 aliphatic heterocycles. The van der Waals surface area contributed by atoms with Crippen molar-refractivity contribution in [3.05, 3.63) is 87.9 Å². The number of nitrogens with one attached hydrogen (secondary N) is 1. The minimum atomic E-state index is -4.09. The molecule has 0 saturated carbocycles. The average molecular weight is 486 g/mol. The van der Waals surface area contributed by atoms with E-state index in [-0.39, 0.29) is 10.5 Å². The first-order valence-corrected chi connectivity index (χ1v) is 11.9. The number of amides is 2. The lowest BCUT2D eigenvalue weighted by Gasteiger charge is -2.26. The summed E-state index contributed by atoms with van der Waals surface area (Å²) in [7, 11) is -4.09. The van der Waals surface area contributed by atoms with E-state index in [0.29, 0.717) is 27.5 Å². The van der Waals surface area contributed by atoms with Gasteiger partial charge in [0.1, 0.15) is 6.54 Å². The monoisotopic (exact) mass is 485 g/mol. The number of rotatable bonds is 7. The second kappa shape index (κ2) is 9.64. The second-order valence-corrected chi connectivity index (χ2v) is 9.87. The van der Waals surface area contributed by atoms with Crippen molar-refractivity contribution in [2.45, 2.75) is 25.7 Å². The fourth-order valence-corrected chi connectivity index (χ4v) is 5.01. The Labute approximate surface area is 198 Å². The Morgan fingerprint density at radius 2 is 1.58 bits per heavy atom. The molecular weight excluding hydrogens is 462 g/mol. The minimum absolute atomic E-state index is 0.0483. The number of carbonyl (C=O) groups is 2. The van der Waals surface area contributed by atoms with Gasteiger partial charge in [-0.15, -0.1) is 0 Å². The van der Waals surface area contributed by atoms with Gasteiger partial charge >= 0.3 is 0 Å². The molecule has 2 amide bonds. The summed E-state index contributed by atoms with van der Waals surface area (Å²) >= 11 is 6.24. The Morgan fingerprint density at radius 1 is 0.939 bits per heavy atom. The van der Waals surface area contributed by atoms with E-state index in [9.17, 15) is 18.0 Å². The van der Waals surface area contributed by atoms with Gasteiger partial charge in [0.15, 0.2) is 0 Å². The second-order valence-electron chi connectivity index (χ2n) is 7.60. The molecule has 0 aliphatic carbocycles. The first kappa shape index (κ1) is 24.3. The van der Waals surface area contributed by atoms with Crippen LogP contribution in [0.1, 0.15) is 27.0 Å². The van der Waals surface area contributed by atoms with Gasteiger partial charge in [-0.05, 0) is 68.3 Å². The lowest BCUT2D eigenvalue weighted by atomic mass is 10.1. The Kier molecular flexibility index (Phi) is 7.09. The third-order valence-corrected chi connectivity index (χ3v) is 7.46. The molecule has 3 rings (SSSR count). The van der Waals surface area contributed by atoms with Crippen molar-refractivity contribution in [1.82, 2.24) is 0 Å². The Hall–Kier alpha value is -3.36. The van der Waals surface area contributed by atoms with E-state index in [0.717, 1.165) is 9.87 Å². The van der Waals surface area contributed by atoms with Gasteiger partial charge in [0.2, 0.25) is 11.8 Å². The zero-order valence-electron chi connectivity index (χ0n) is 18.4. The Bertz CT molecular complexity index is 1320. The van der Waals surface area contributed by atoms with Crippen LogP contribution in [0.2, 0.25) is 5.02 Å². The molecule has 0 bridgehead atoms. The minimum Gasteiger partial charge on any atom is -0.366 e. The van der Waals surface area contributed by atoms with Crippen LogP contribution >= 0.6 is 11.6 Å². The molecule has 0 unspecified atom stereocenters. The smallest absolute Gasteiger partial charge is 0.264 e. The quantitative estimate of drug-likeness (QED) is 0.522. The van der Waals surface area contributed by atoms with Crippen LogP contribution in [0.25, 0.3) is 0 Å². The number of hydrogen-bond acceptors (Lipinski definition) is 4. The van der Waals surface area contributed by atoms with Gasteiger partial charge in [0.25, 0.3) is 10.0 Å². The van der Waals surface area contributed by atoms with Gasteiger partial charge in [-0.25, -0.2) is 8.42 Å². The summed E-state index contributed by atoms with van der Waals surface area (Å²) in [6, 6.07) is 16.0. The summed E-state index contributed by atoms with van der Waals surface area (Å²) in [5, 5.41) is 3.06. The predicted octanol–water partition coefficient (Wildman–Crippen LogP) is 4.20. The molecule has 7 nitrogen and oxygen atoms in total. The number of aryl methyl sites for hydroxylation is 1. The number of nitrogens with zero attached hydrogens (tertiary/aromatic N) is 1. The summed E-state index contributed by atoms with van der Waals surface area (Å²) < 4.78 is 28.1. The maximum Gasteiger partial charge on any atom is 0.264 e. The van der Waals surface area contributed by atoms with Crippen LogP contribution in [-0.4, -0.2) is 26.8 Å². The van der Waals surface area contributed by atoms with Gasteiger partial charge < -0.3 is 11.1 Å². The van der Waals surface area contributed by atoms with E-state index >= 15 is 0 Å².